The lowest BCUT2D eigenvalue weighted by atomic mass is 10.1. The van der Waals surface area contributed by atoms with Gasteiger partial charge in [-0.2, -0.15) is 10.4 Å². The lowest BCUT2D eigenvalue weighted by Gasteiger charge is -2.01. The summed E-state index contributed by atoms with van der Waals surface area (Å²) in [4.78, 5) is 0. The fraction of sp³-hybridized carbons (Fsp3) is 0.167. The van der Waals surface area contributed by atoms with Crippen LogP contribution in [-0.2, 0) is 6.54 Å². The first kappa shape index (κ1) is 10.7. The van der Waals surface area contributed by atoms with Gasteiger partial charge in [-0.05, 0) is 24.6 Å². The van der Waals surface area contributed by atoms with Crippen molar-refractivity contribution in [1.29, 1.82) is 5.26 Å². The summed E-state index contributed by atoms with van der Waals surface area (Å²) in [5.41, 5.74) is 2.52. The van der Waals surface area contributed by atoms with Crippen molar-refractivity contribution in [2.45, 2.75) is 13.5 Å². The molecule has 2 aromatic rings. The standard InChI is InChI=1S/C12H10ClN3/c1-9-12(13)8-16(15-9)7-11-4-2-3-10(5-11)6-14/h2-5,8H,7H2,1H3. The lowest BCUT2D eigenvalue weighted by Crippen LogP contribution is -2.00. The third kappa shape index (κ3) is 2.23. The molecule has 0 aliphatic heterocycles. The van der Waals surface area contributed by atoms with E-state index in [4.69, 9.17) is 16.9 Å². The smallest absolute Gasteiger partial charge is 0.0991 e. The molecule has 80 valence electrons. The highest BCUT2D eigenvalue weighted by Gasteiger charge is 2.02. The van der Waals surface area contributed by atoms with E-state index in [-0.39, 0.29) is 0 Å². The zero-order chi connectivity index (χ0) is 11.5. The van der Waals surface area contributed by atoms with Crippen LogP contribution in [0.1, 0.15) is 16.8 Å². The highest BCUT2D eigenvalue weighted by Crippen LogP contribution is 2.13. The van der Waals surface area contributed by atoms with E-state index in [1.807, 2.05) is 25.1 Å². The third-order valence-electron chi connectivity index (χ3n) is 2.29. The summed E-state index contributed by atoms with van der Waals surface area (Å²) in [6, 6.07) is 9.58. The van der Waals surface area contributed by atoms with E-state index in [0.717, 1.165) is 11.3 Å². The van der Waals surface area contributed by atoms with Gasteiger partial charge in [0.05, 0.1) is 28.9 Å². The minimum absolute atomic E-state index is 0.628. The average molecular weight is 232 g/mol. The van der Waals surface area contributed by atoms with Gasteiger partial charge in [-0.25, -0.2) is 0 Å². The molecule has 2 rings (SSSR count). The zero-order valence-corrected chi connectivity index (χ0v) is 9.57. The molecule has 1 aromatic carbocycles. The predicted octanol–water partition coefficient (Wildman–Crippen LogP) is 2.76. The van der Waals surface area contributed by atoms with Crippen LogP contribution < -0.4 is 0 Å². The Balaban J connectivity index is 2.24. The second-order valence-corrected chi connectivity index (χ2v) is 3.98. The molecule has 1 aromatic heterocycles. The molecule has 0 aliphatic rings. The SMILES string of the molecule is Cc1nn(Cc2cccc(C#N)c2)cc1Cl. The number of rotatable bonds is 2. The highest BCUT2D eigenvalue weighted by atomic mass is 35.5. The second-order valence-electron chi connectivity index (χ2n) is 3.57. The topological polar surface area (TPSA) is 41.6 Å². The molecule has 3 nitrogen and oxygen atoms in total. The first-order valence-electron chi connectivity index (χ1n) is 4.87. The summed E-state index contributed by atoms with van der Waals surface area (Å²) in [6.07, 6.45) is 1.79. The molecule has 0 saturated carbocycles. The van der Waals surface area contributed by atoms with Gasteiger partial charge < -0.3 is 0 Å². The fourth-order valence-corrected chi connectivity index (χ4v) is 1.65. The number of nitrogens with zero attached hydrogens (tertiary/aromatic N) is 3. The molecule has 0 spiro atoms. The molecule has 1 heterocycles. The van der Waals surface area contributed by atoms with Crippen molar-refractivity contribution in [2.24, 2.45) is 0 Å². The van der Waals surface area contributed by atoms with Crippen LogP contribution in [0.15, 0.2) is 30.5 Å². The van der Waals surface area contributed by atoms with Crippen molar-refractivity contribution in [1.82, 2.24) is 9.78 Å². The number of halogens is 1. The van der Waals surface area contributed by atoms with E-state index in [1.165, 1.54) is 0 Å². The van der Waals surface area contributed by atoms with Gasteiger partial charge in [-0.3, -0.25) is 4.68 Å². The minimum Gasteiger partial charge on any atom is -0.267 e. The van der Waals surface area contributed by atoms with Gasteiger partial charge in [0.1, 0.15) is 0 Å². The van der Waals surface area contributed by atoms with Crippen LogP contribution in [0.3, 0.4) is 0 Å². The van der Waals surface area contributed by atoms with Crippen LogP contribution in [0.4, 0.5) is 0 Å². The number of benzene rings is 1. The Labute approximate surface area is 98.9 Å². The van der Waals surface area contributed by atoms with E-state index in [9.17, 15) is 0 Å². The van der Waals surface area contributed by atoms with Gasteiger partial charge in [-0.15, -0.1) is 0 Å². The van der Waals surface area contributed by atoms with Gasteiger partial charge in [-0.1, -0.05) is 23.7 Å². The van der Waals surface area contributed by atoms with Crippen molar-refractivity contribution in [3.8, 4) is 6.07 Å². The largest absolute Gasteiger partial charge is 0.267 e. The number of aromatic nitrogens is 2. The third-order valence-corrected chi connectivity index (χ3v) is 2.66. The highest BCUT2D eigenvalue weighted by molar-refractivity contribution is 6.31. The van der Waals surface area contributed by atoms with Crippen molar-refractivity contribution < 1.29 is 0 Å². The second kappa shape index (κ2) is 4.38. The Hall–Kier alpha value is -1.79. The number of hydrogen-bond donors (Lipinski definition) is 0. The summed E-state index contributed by atoms with van der Waals surface area (Å²) >= 11 is 5.92. The van der Waals surface area contributed by atoms with Gasteiger partial charge in [0.2, 0.25) is 0 Å². The van der Waals surface area contributed by atoms with Crippen LogP contribution >= 0.6 is 11.6 Å². The summed E-state index contributed by atoms with van der Waals surface area (Å²) in [5, 5.41) is 13.7. The first-order chi connectivity index (χ1) is 7.69. The van der Waals surface area contributed by atoms with Crippen LogP contribution in [0.25, 0.3) is 0 Å². The molecule has 0 atom stereocenters. The first-order valence-corrected chi connectivity index (χ1v) is 5.25. The van der Waals surface area contributed by atoms with Gasteiger partial charge in [0.15, 0.2) is 0 Å². The molecule has 0 saturated heterocycles. The molecule has 0 N–H and O–H groups in total. The lowest BCUT2D eigenvalue weighted by molar-refractivity contribution is 0.679. The molecular formula is C12H10ClN3. The summed E-state index contributed by atoms with van der Waals surface area (Å²) < 4.78 is 1.77. The van der Waals surface area contributed by atoms with Crippen molar-refractivity contribution in [3.05, 3.63) is 52.3 Å². The predicted molar refractivity (Wildman–Crippen MR) is 62.2 cm³/mol. The Kier molecular flexibility index (Phi) is 2.93. The normalized spacial score (nSPS) is 10.1. The van der Waals surface area contributed by atoms with Crippen molar-refractivity contribution >= 4 is 11.6 Å². The Bertz CT molecular complexity index is 532. The van der Waals surface area contributed by atoms with Crippen LogP contribution in [0.2, 0.25) is 5.02 Å². The maximum Gasteiger partial charge on any atom is 0.0991 e. The van der Waals surface area contributed by atoms with Gasteiger partial charge in [0.25, 0.3) is 0 Å². The van der Waals surface area contributed by atoms with Gasteiger partial charge in [0, 0.05) is 6.20 Å². The maximum absolute atomic E-state index is 8.78. The summed E-state index contributed by atoms with van der Waals surface area (Å²) in [5.74, 6) is 0. The fourth-order valence-electron chi connectivity index (χ4n) is 1.50. The Morgan fingerprint density at radius 3 is 2.94 bits per heavy atom. The van der Waals surface area contributed by atoms with Gasteiger partial charge >= 0.3 is 0 Å². The Morgan fingerprint density at radius 1 is 1.50 bits per heavy atom. The molecule has 0 radical (unpaired) electrons. The number of aryl methyl sites for hydroxylation is 1. The Morgan fingerprint density at radius 2 is 2.31 bits per heavy atom. The van der Waals surface area contributed by atoms with E-state index in [0.29, 0.717) is 17.1 Å². The monoisotopic (exact) mass is 231 g/mol. The molecule has 0 unspecified atom stereocenters. The average Bonchev–Trinajstić information content (AvgIpc) is 2.58. The molecule has 0 amide bonds. The van der Waals surface area contributed by atoms with Crippen molar-refractivity contribution in [2.75, 3.05) is 0 Å². The van der Waals surface area contributed by atoms with Crippen LogP contribution in [-0.4, -0.2) is 9.78 Å². The summed E-state index contributed by atoms with van der Waals surface area (Å²) in [6.45, 7) is 2.49. The molecule has 0 fully saturated rings. The van der Waals surface area contributed by atoms with Crippen molar-refractivity contribution in [3.63, 3.8) is 0 Å². The minimum atomic E-state index is 0.628. The molecule has 4 heteroatoms. The molecule has 0 bridgehead atoms. The van der Waals surface area contributed by atoms with E-state index >= 15 is 0 Å². The van der Waals surface area contributed by atoms with E-state index in [1.54, 1.807) is 16.9 Å². The number of hydrogen-bond acceptors (Lipinski definition) is 2. The summed E-state index contributed by atoms with van der Waals surface area (Å²) in [7, 11) is 0. The van der Waals surface area contributed by atoms with E-state index < -0.39 is 0 Å². The van der Waals surface area contributed by atoms with E-state index in [2.05, 4.69) is 11.2 Å². The number of nitriles is 1. The van der Waals surface area contributed by atoms with Crippen LogP contribution in [0.5, 0.6) is 0 Å². The van der Waals surface area contributed by atoms with Crippen LogP contribution in [0, 0.1) is 18.3 Å². The quantitative estimate of drug-likeness (QED) is 0.798. The molecule has 0 aliphatic carbocycles. The zero-order valence-electron chi connectivity index (χ0n) is 8.81. The maximum atomic E-state index is 8.78. The molecule has 16 heavy (non-hydrogen) atoms. The molecular weight excluding hydrogens is 222 g/mol.